The standard InChI is InChI=1S/C21H25N5O2/c22-21-23-9-6-18(25-21)19(27)24-13-14-7-10-26(11-8-14)20(28)17-12-16(17)15-4-2-1-3-5-15/h1-6,9,14,16-17H,7-8,10-13H2,(H,24,27)(H2,22,23,25). The van der Waals surface area contributed by atoms with Crippen LogP contribution < -0.4 is 11.1 Å². The molecular formula is C21H25N5O2. The lowest BCUT2D eigenvalue weighted by Gasteiger charge is -2.32. The quantitative estimate of drug-likeness (QED) is 0.825. The molecule has 0 bridgehead atoms. The molecule has 1 aromatic heterocycles. The third-order valence-electron chi connectivity index (χ3n) is 5.72. The van der Waals surface area contributed by atoms with Crippen LogP contribution >= 0.6 is 0 Å². The van der Waals surface area contributed by atoms with Crippen LogP contribution in [0.5, 0.6) is 0 Å². The first-order valence-electron chi connectivity index (χ1n) is 9.82. The minimum Gasteiger partial charge on any atom is -0.368 e. The topological polar surface area (TPSA) is 101 Å². The number of hydrogen-bond acceptors (Lipinski definition) is 5. The van der Waals surface area contributed by atoms with E-state index in [4.69, 9.17) is 5.73 Å². The molecule has 2 atom stereocenters. The zero-order valence-electron chi connectivity index (χ0n) is 15.8. The average Bonchev–Trinajstić information content (AvgIpc) is 3.53. The summed E-state index contributed by atoms with van der Waals surface area (Å²) < 4.78 is 0. The van der Waals surface area contributed by atoms with Crippen LogP contribution in [0.15, 0.2) is 42.6 Å². The number of nitrogen functional groups attached to an aromatic ring is 1. The maximum atomic E-state index is 12.8. The summed E-state index contributed by atoms with van der Waals surface area (Å²) in [6.45, 7) is 2.11. The van der Waals surface area contributed by atoms with Crippen molar-refractivity contribution in [2.75, 3.05) is 25.4 Å². The molecular weight excluding hydrogens is 354 g/mol. The van der Waals surface area contributed by atoms with E-state index in [2.05, 4.69) is 27.4 Å². The average molecular weight is 379 g/mol. The van der Waals surface area contributed by atoms with Gasteiger partial charge in [0.1, 0.15) is 5.69 Å². The van der Waals surface area contributed by atoms with Gasteiger partial charge in [0.15, 0.2) is 0 Å². The number of aromatic nitrogens is 2. The summed E-state index contributed by atoms with van der Waals surface area (Å²) in [7, 11) is 0. The Morgan fingerprint density at radius 2 is 1.89 bits per heavy atom. The van der Waals surface area contributed by atoms with E-state index in [1.54, 1.807) is 6.07 Å². The highest BCUT2D eigenvalue weighted by atomic mass is 16.2. The van der Waals surface area contributed by atoms with Gasteiger partial charge in [-0.25, -0.2) is 9.97 Å². The van der Waals surface area contributed by atoms with Crippen LogP contribution in [0, 0.1) is 11.8 Å². The number of nitrogens with two attached hydrogens (primary N) is 1. The van der Waals surface area contributed by atoms with E-state index in [0.29, 0.717) is 18.4 Å². The van der Waals surface area contributed by atoms with Crippen LogP contribution in [0.1, 0.15) is 41.2 Å². The Bertz CT molecular complexity index is 849. The van der Waals surface area contributed by atoms with E-state index in [0.717, 1.165) is 32.4 Å². The maximum Gasteiger partial charge on any atom is 0.270 e. The minimum atomic E-state index is -0.240. The van der Waals surface area contributed by atoms with E-state index in [1.807, 2.05) is 23.1 Å². The molecule has 2 heterocycles. The lowest BCUT2D eigenvalue weighted by Crippen LogP contribution is -2.42. The zero-order chi connectivity index (χ0) is 19.5. The molecule has 28 heavy (non-hydrogen) atoms. The van der Waals surface area contributed by atoms with E-state index < -0.39 is 0 Å². The van der Waals surface area contributed by atoms with Gasteiger partial charge in [-0.1, -0.05) is 30.3 Å². The molecule has 146 valence electrons. The number of likely N-dealkylation sites (tertiary alicyclic amines) is 1. The third kappa shape index (κ3) is 4.13. The van der Waals surface area contributed by atoms with Crippen molar-refractivity contribution >= 4 is 17.8 Å². The Morgan fingerprint density at radius 3 is 2.61 bits per heavy atom. The molecule has 3 N–H and O–H groups in total. The number of nitrogens with one attached hydrogen (secondary N) is 1. The van der Waals surface area contributed by atoms with Crippen LogP contribution in [0.4, 0.5) is 5.95 Å². The van der Waals surface area contributed by atoms with E-state index in [1.165, 1.54) is 11.8 Å². The van der Waals surface area contributed by atoms with Crippen LogP contribution in [-0.2, 0) is 4.79 Å². The number of amides is 2. The summed E-state index contributed by atoms with van der Waals surface area (Å²) in [5, 5.41) is 2.92. The monoisotopic (exact) mass is 379 g/mol. The van der Waals surface area contributed by atoms with Crippen LogP contribution in [-0.4, -0.2) is 46.3 Å². The highest BCUT2D eigenvalue weighted by Gasteiger charge is 2.46. The van der Waals surface area contributed by atoms with Gasteiger partial charge in [-0.05, 0) is 42.7 Å². The molecule has 2 aromatic rings. The number of anilines is 1. The van der Waals surface area contributed by atoms with Gasteiger partial charge in [0, 0.05) is 31.7 Å². The number of piperidine rings is 1. The second-order valence-corrected chi connectivity index (χ2v) is 7.64. The Morgan fingerprint density at radius 1 is 1.14 bits per heavy atom. The minimum absolute atomic E-state index is 0.0911. The van der Waals surface area contributed by atoms with Crippen molar-refractivity contribution in [1.29, 1.82) is 0 Å². The summed E-state index contributed by atoms with van der Waals surface area (Å²) in [5.74, 6) is 1.03. The molecule has 4 rings (SSSR count). The first-order chi connectivity index (χ1) is 13.6. The van der Waals surface area contributed by atoms with Crippen molar-refractivity contribution in [3.63, 3.8) is 0 Å². The molecule has 2 amide bonds. The molecule has 1 aliphatic heterocycles. The summed E-state index contributed by atoms with van der Waals surface area (Å²) in [4.78, 5) is 34.6. The first-order valence-corrected chi connectivity index (χ1v) is 9.82. The van der Waals surface area contributed by atoms with Crippen LogP contribution in [0.3, 0.4) is 0 Å². The number of hydrogen-bond donors (Lipinski definition) is 2. The van der Waals surface area contributed by atoms with Crippen molar-refractivity contribution in [3.8, 4) is 0 Å². The van der Waals surface area contributed by atoms with Gasteiger partial charge in [0.2, 0.25) is 11.9 Å². The van der Waals surface area contributed by atoms with Gasteiger partial charge in [-0.2, -0.15) is 0 Å². The van der Waals surface area contributed by atoms with Gasteiger partial charge in [0.05, 0.1) is 0 Å². The molecule has 2 aliphatic rings. The number of rotatable bonds is 5. The van der Waals surface area contributed by atoms with Crippen molar-refractivity contribution in [1.82, 2.24) is 20.2 Å². The highest BCUT2D eigenvalue weighted by molar-refractivity contribution is 5.92. The number of carbonyl (C=O) groups is 2. The lowest BCUT2D eigenvalue weighted by atomic mass is 9.96. The second-order valence-electron chi connectivity index (χ2n) is 7.64. The number of benzene rings is 1. The second kappa shape index (κ2) is 7.96. The van der Waals surface area contributed by atoms with Crippen molar-refractivity contribution < 1.29 is 9.59 Å². The van der Waals surface area contributed by atoms with Gasteiger partial charge in [0.25, 0.3) is 5.91 Å². The molecule has 0 radical (unpaired) electrons. The van der Waals surface area contributed by atoms with Crippen molar-refractivity contribution in [2.24, 2.45) is 11.8 Å². The lowest BCUT2D eigenvalue weighted by molar-refractivity contribution is -0.134. The fourth-order valence-electron chi connectivity index (χ4n) is 3.96. The van der Waals surface area contributed by atoms with E-state index in [-0.39, 0.29) is 29.4 Å². The third-order valence-corrected chi connectivity index (χ3v) is 5.72. The van der Waals surface area contributed by atoms with E-state index in [9.17, 15) is 9.59 Å². The molecule has 2 fully saturated rings. The predicted molar refractivity (Wildman–Crippen MR) is 105 cm³/mol. The predicted octanol–water partition coefficient (Wildman–Crippen LogP) is 1.83. The number of nitrogens with zero attached hydrogens (tertiary/aromatic N) is 3. The molecule has 7 nitrogen and oxygen atoms in total. The molecule has 1 aromatic carbocycles. The zero-order valence-corrected chi connectivity index (χ0v) is 15.8. The fourth-order valence-corrected chi connectivity index (χ4v) is 3.96. The van der Waals surface area contributed by atoms with Crippen molar-refractivity contribution in [2.45, 2.75) is 25.2 Å². The Kier molecular flexibility index (Phi) is 5.23. The normalized spacial score (nSPS) is 21.9. The molecule has 7 heteroatoms. The van der Waals surface area contributed by atoms with Crippen LogP contribution in [0.25, 0.3) is 0 Å². The van der Waals surface area contributed by atoms with Gasteiger partial charge < -0.3 is 16.0 Å². The summed E-state index contributed by atoms with van der Waals surface area (Å²) >= 11 is 0. The fraction of sp³-hybridized carbons (Fsp3) is 0.429. The van der Waals surface area contributed by atoms with Gasteiger partial charge >= 0.3 is 0 Å². The smallest absolute Gasteiger partial charge is 0.270 e. The van der Waals surface area contributed by atoms with Crippen molar-refractivity contribution in [3.05, 3.63) is 53.9 Å². The molecule has 1 saturated carbocycles. The number of carbonyl (C=O) groups excluding carboxylic acids is 2. The summed E-state index contributed by atoms with van der Waals surface area (Å²) in [6, 6.07) is 11.8. The molecule has 1 aliphatic carbocycles. The van der Waals surface area contributed by atoms with Gasteiger partial charge in [-0.3, -0.25) is 9.59 Å². The molecule has 0 spiro atoms. The van der Waals surface area contributed by atoms with Crippen LogP contribution in [0.2, 0.25) is 0 Å². The summed E-state index contributed by atoms with van der Waals surface area (Å²) in [5.41, 5.74) is 7.06. The summed E-state index contributed by atoms with van der Waals surface area (Å²) in [6.07, 6.45) is 4.24. The largest absolute Gasteiger partial charge is 0.368 e. The Labute approximate surface area is 164 Å². The Balaban J connectivity index is 1.22. The SMILES string of the molecule is Nc1nccc(C(=O)NCC2CCN(C(=O)C3CC3c3ccccc3)CC2)n1. The highest BCUT2D eigenvalue weighted by Crippen LogP contribution is 2.48. The molecule has 2 unspecified atom stereocenters. The van der Waals surface area contributed by atoms with Gasteiger partial charge in [-0.15, -0.1) is 0 Å². The van der Waals surface area contributed by atoms with E-state index >= 15 is 0 Å². The molecule has 1 saturated heterocycles. The maximum absolute atomic E-state index is 12.8. The first kappa shape index (κ1) is 18.4. The Hall–Kier alpha value is -2.96.